The lowest BCUT2D eigenvalue weighted by Gasteiger charge is -2.17. The molecule has 132 valence electrons. The Kier molecular flexibility index (Phi) is 4.97. The smallest absolute Gasteiger partial charge is 0.321 e. The number of hydrogen-bond acceptors (Lipinski definition) is 4. The van der Waals surface area contributed by atoms with Crippen molar-refractivity contribution < 1.29 is 9.59 Å². The van der Waals surface area contributed by atoms with E-state index in [1.807, 2.05) is 31.2 Å². The number of nitrogens with one attached hydrogen (secondary N) is 3. The molecule has 3 amide bonds. The zero-order chi connectivity index (χ0) is 17.8. The molecule has 0 spiro atoms. The van der Waals surface area contributed by atoms with Crippen LogP contribution >= 0.6 is 0 Å². The zero-order valence-electron chi connectivity index (χ0n) is 14.4. The Morgan fingerprint density at radius 3 is 2.72 bits per heavy atom. The second kappa shape index (κ2) is 7.33. The van der Waals surface area contributed by atoms with Gasteiger partial charge in [0, 0.05) is 38.2 Å². The number of aromatic amines is 1. The number of likely N-dealkylation sites (tertiary alicyclic amines) is 1. The summed E-state index contributed by atoms with van der Waals surface area (Å²) in [6.45, 7) is 4.53. The predicted molar refractivity (Wildman–Crippen MR) is 93.2 cm³/mol. The molecule has 3 N–H and O–H groups in total. The molecule has 1 fully saturated rings. The molecule has 1 atom stereocenters. The minimum atomic E-state index is -0.148. The van der Waals surface area contributed by atoms with E-state index < -0.39 is 0 Å². The highest BCUT2D eigenvalue weighted by Crippen LogP contribution is 2.15. The van der Waals surface area contributed by atoms with Crippen molar-refractivity contribution in [3.05, 3.63) is 41.5 Å². The van der Waals surface area contributed by atoms with Crippen LogP contribution < -0.4 is 10.6 Å². The fourth-order valence-corrected chi connectivity index (χ4v) is 2.91. The molecule has 25 heavy (non-hydrogen) atoms. The van der Waals surface area contributed by atoms with Gasteiger partial charge in [-0.3, -0.25) is 9.89 Å². The van der Waals surface area contributed by atoms with Gasteiger partial charge >= 0.3 is 6.03 Å². The Balaban J connectivity index is 1.53. The standard InChI is InChI=1S/C17H22N6O2/c1-11-18-16(22-21-11)9-13-3-5-14(6-4-13)20-17(25)23-8-7-15(10-23)19-12(2)24/h3-6,15H,7-10H2,1-2H3,(H,19,24)(H,20,25)(H,18,21,22). The van der Waals surface area contributed by atoms with Gasteiger partial charge in [0.05, 0.1) is 0 Å². The van der Waals surface area contributed by atoms with Gasteiger partial charge in [-0.1, -0.05) is 12.1 Å². The monoisotopic (exact) mass is 342 g/mol. The molecule has 2 aromatic rings. The van der Waals surface area contributed by atoms with Crippen LogP contribution in [0.5, 0.6) is 0 Å². The molecule has 1 aromatic heterocycles. The second-order valence-electron chi connectivity index (χ2n) is 6.27. The summed E-state index contributed by atoms with van der Waals surface area (Å²) in [5.41, 5.74) is 1.81. The third-order valence-corrected chi connectivity index (χ3v) is 4.09. The maximum absolute atomic E-state index is 12.3. The molecule has 0 bridgehead atoms. The average Bonchev–Trinajstić information content (AvgIpc) is 3.18. The van der Waals surface area contributed by atoms with E-state index in [4.69, 9.17) is 0 Å². The summed E-state index contributed by atoms with van der Waals surface area (Å²) < 4.78 is 0. The average molecular weight is 342 g/mol. The van der Waals surface area contributed by atoms with Crippen LogP contribution in [-0.2, 0) is 11.2 Å². The van der Waals surface area contributed by atoms with Gasteiger partial charge in [-0.25, -0.2) is 9.78 Å². The first kappa shape index (κ1) is 16.9. The molecule has 0 aliphatic carbocycles. The Bertz CT molecular complexity index is 755. The normalized spacial score (nSPS) is 16.7. The fraction of sp³-hybridized carbons (Fsp3) is 0.412. The van der Waals surface area contributed by atoms with E-state index in [-0.39, 0.29) is 18.0 Å². The topological polar surface area (TPSA) is 103 Å². The van der Waals surface area contributed by atoms with E-state index in [9.17, 15) is 9.59 Å². The van der Waals surface area contributed by atoms with Crippen molar-refractivity contribution in [2.45, 2.75) is 32.7 Å². The van der Waals surface area contributed by atoms with E-state index in [0.29, 0.717) is 19.5 Å². The number of carbonyl (C=O) groups excluding carboxylic acids is 2. The van der Waals surface area contributed by atoms with Crippen molar-refractivity contribution in [2.24, 2.45) is 0 Å². The van der Waals surface area contributed by atoms with Crippen molar-refractivity contribution in [2.75, 3.05) is 18.4 Å². The molecular weight excluding hydrogens is 320 g/mol. The molecule has 2 heterocycles. The summed E-state index contributed by atoms with van der Waals surface area (Å²) in [6.07, 6.45) is 1.42. The molecule has 0 radical (unpaired) electrons. The number of aryl methyl sites for hydroxylation is 1. The summed E-state index contributed by atoms with van der Waals surface area (Å²) in [5.74, 6) is 1.47. The molecular formula is C17H22N6O2. The number of benzene rings is 1. The first-order valence-corrected chi connectivity index (χ1v) is 8.29. The molecule has 8 heteroatoms. The van der Waals surface area contributed by atoms with Gasteiger partial charge in [0.25, 0.3) is 0 Å². The number of nitrogens with zero attached hydrogens (tertiary/aromatic N) is 3. The minimum Gasteiger partial charge on any atom is -0.352 e. The number of carbonyl (C=O) groups is 2. The quantitative estimate of drug-likeness (QED) is 0.782. The van der Waals surface area contributed by atoms with Gasteiger partial charge < -0.3 is 15.5 Å². The molecule has 3 rings (SSSR count). The first-order chi connectivity index (χ1) is 12.0. The van der Waals surface area contributed by atoms with Crippen molar-refractivity contribution >= 4 is 17.6 Å². The molecule has 1 unspecified atom stereocenters. The number of anilines is 1. The lowest BCUT2D eigenvalue weighted by atomic mass is 10.1. The van der Waals surface area contributed by atoms with Crippen LogP contribution in [0.25, 0.3) is 0 Å². The highest BCUT2D eigenvalue weighted by molar-refractivity contribution is 5.89. The van der Waals surface area contributed by atoms with Gasteiger partial charge in [-0.2, -0.15) is 5.10 Å². The van der Waals surface area contributed by atoms with Crippen molar-refractivity contribution in [1.82, 2.24) is 25.4 Å². The van der Waals surface area contributed by atoms with Crippen molar-refractivity contribution in [3.8, 4) is 0 Å². The number of aromatic nitrogens is 3. The lowest BCUT2D eigenvalue weighted by molar-refractivity contribution is -0.119. The maximum atomic E-state index is 12.3. The van der Waals surface area contributed by atoms with Crippen molar-refractivity contribution in [1.29, 1.82) is 0 Å². The highest BCUT2D eigenvalue weighted by Gasteiger charge is 2.26. The van der Waals surface area contributed by atoms with Crippen LogP contribution in [0.3, 0.4) is 0 Å². The largest absolute Gasteiger partial charge is 0.352 e. The Hall–Kier alpha value is -2.90. The summed E-state index contributed by atoms with van der Waals surface area (Å²) >= 11 is 0. The minimum absolute atomic E-state index is 0.0374. The third-order valence-electron chi connectivity index (χ3n) is 4.09. The summed E-state index contributed by atoms with van der Waals surface area (Å²) in [6, 6.07) is 7.53. The summed E-state index contributed by atoms with van der Waals surface area (Å²) in [7, 11) is 0. The summed E-state index contributed by atoms with van der Waals surface area (Å²) in [5, 5.41) is 12.7. The van der Waals surface area contributed by atoms with Crippen LogP contribution in [0.1, 0.15) is 30.6 Å². The van der Waals surface area contributed by atoms with Gasteiger partial charge in [0.1, 0.15) is 5.82 Å². The van der Waals surface area contributed by atoms with Crippen molar-refractivity contribution in [3.63, 3.8) is 0 Å². The van der Waals surface area contributed by atoms with E-state index in [1.54, 1.807) is 4.90 Å². The lowest BCUT2D eigenvalue weighted by Crippen LogP contribution is -2.38. The highest BCUT2D eigenvalue weighted by atomic mass is 16.2. The Morgan fingerprint density at radius 1 is 1.32 bits per heavy atom. The number of urea groups is 1. The van der Waals surface area contributed by atoms with Gasteiger partial charge in [-0.15, -0.1) is 0 Å². The van der Waals surface area contributed by atoms with Crippen LogP contribution in [-0.4, -0.2) is 51.2 Å². The molecule has 1 saturated heterocycles. The van der Waals surface area contributed by atoms with Crippen LogP contribution in [0.4, 0.5) is 10.5 Å². The van der Waals surface area contributed by atoms with Crippen LogP contribution in [0.2, 0.25) is 0 Å². The molecule has 1 aliphatic heterocycles. The number of amides is 3. The van der Waals surface area contributed by atoms with E-state index in [1.165, 1.54) is 6.92 Å². The molecule has 1 aliphatic rings. The van der Waals surface area contributed by atoms with Gasteiger partial charge in [0.15, 0.2) is 5.82 Å². The molecule has 0 saturated carbocycles. The summed E-state index contributed by atoms with van der Waals surface area (Å²) in [4.78, 5) is 29.4. The maximum Gasteiger partial charge on any atom is 0.321 e. The molecule has 8 nitrogen and oxygen atoms in total. The Morgan fingerprint density at radius 2 is 2.08 bits per heavy atom. The molecule has 1 aromatic carbocycles. The van der Waals surface area contributed by atoms with Crippen LogP contribution in [0, 0.1) is 6.92 Å². The zero-order valence-corrected chi connectivity index (χ0v) is 14.4. The Labute approximate surface area is 146 Å². The first-order valence-electron chi connectivity index (χ1n) is 8.29. The number of hydrogen-bond donors (Lipinski definition) is 3. The van der Waals surface area contributed by atoms with E-state index in [2.05, 4.69) is 25.8 Å². The number of H-pyrrole nitrogens is 1. The van der Waals surface area contributed by atoms with Gasteiger partial charge in [0.2, 0.25) is 5.91 Å². The van der Waals surface area contributed by atoms with E-state index >= 15 is 0 Å². The van der Waals surface area contributed by atoms with E-state index in [0.717, 1.165) is 29.3 Å². The fourth-order valence-electron chi connectivity index (χ4n) is 2.91. The van der Waals surface area contributed by atoms with Crippen LogP contribution in [0.15, 0.2) is 24.3 Å². The second-order valence-corrected chi connectivity index (χ2v) is 6.27. The third kappa shape index (κ3) is 4.56. The number of rotatable bonds is 4. The SMILES string of the molecule is CC(=O)NC1CCN(C(=O)Nc2ccc(Cc3n[nH]c(C)n3)cc2)C1. The van der Waals surface area contributed by atoms with Gasteiger partial charge in [-0.05, 0) is 31.0 Å². The predicted octanol–water partition coefficient (Wildman–Crippen LogP) is 1.45.